The molecule has 3 N–H and O–H groups in total. The number of guanidine groups is 1. The van der Waals surface area contributed by atoms with Crippen molar-refractivity contribution in [2.75, 3.05) is 45.8 Å². The lowest BCUT2D eigenvalue weighted by atomic mass is 10.1. The zero-order valence-electron chi connectivity index (χ0n) is 15.9. The first-order valence-electron chi connectivity index (χ1n) is 10.4. The fraction of sp³-hybridized carbons (Fsp3) is 0.947. The molecule has 3 aliphatic rings. The van der Waals surface area contributed by atoms with E-state index in [1.807, 2.05) is 0 Å². The zero-order chi connectivity index (χ0) is 17.5. The van der Waals surface area contributed by atoms with Crippen LogP contribution in [0.15, 0.2) is 4.99 Å². The van der Waals surface area contributed by atoms with Crippen molar-refractivity contribution < 1.29 is 5.11 Å². The van der Waals surface area contributed by atoms with E-state index >= 15 is 0 Å². The molecule has 2 aliphatic heterocycles. The lowest BCUT2D eigenvalue weighted by molar-refractivity contribution is 0.0824. The summed E-state index contributed by atoms with van der Waals surface area (Å²) < 4.78 is 0. The summed E-state index contributed by atoms with van der Waals surface area (Å²) in [4.78, 5) is 9.90. The Labute approximate surface area is 153 Å². The molecule has 2 saturated heterocycles. The molecule has 0 spiro atoms. The van der Waals surface area contributed by atoms with E-state index in [1.165, 1.54) is 38.8 Å². The topological polar surface area (TPSA) is 63.1 Å². The molecule has 0 bridgehead atoms. The molecule has 6 nitrogen and oxygen atoms in total. The first-order chi connectivity index (χ1) is 12.2. The number of aliphatic hydroxyl groups excluding tert-OH is 1. The Kier molecular flexibility index (Phi) is 7.37. The van der Waals surface area contributed by atoms with E-state index in [0.29, 0.717) is 6.04 Å². The second kappa shape index (κ2) is 9.74. The van der Waals surface area contributed by atoms with E-state index in [2.05, 4.69) is 27.4 Å². The molecule has 1 aliphatic carbocycles. The van der Waals surface area contributed by atoms with E-state index in [4.69, 9.17) is 4.99 Å². The Bertz CT molecular complexity index is 410. The van der Waals surface area contributed by atoms with Crippen LogP contribution in [0.4, 0.5) is 0 Å². The van der Waals surface area contributed by atoms with Crippen LogP contribution in [-0.4, -0.2) is 84.9 Å². The summed E-state index contributed by atoms with van der Waals surface area (Å²) >= 11 is 0. The van der Waals surface area contributed by atoms with Gasteiger partial charge >= 0.3 is 0 Å². The highest BCUT2D eigenvalue weighted by Crippen LogP contribution is 2.29. The first-order valence-corrected chi connectivity index (χ1v) is 10.4. The number of hydrogen-bond acceptors (Lipinski definition) is 4. The fourth-order valence-corrected chi connectivity index (χ4v) is 3.99. The standard InChI is InChI=1S/C19H37N5O/c1-2-20-19(21-10-3-11-23-12-8-18(25)9-13-23)22-16-6-14-24(15-7-16)17-4-5-17/h16-18,25H,2-15H2,1H3,(H2,20,21,22). The molecular weight excluding hydrogens is 314 g/mol. The van der Waals surface area contributed by atoms with E-state index < -0.39 is 0 Å². The molecule has 2 heterocycles. The average molecular weight is 352 g/mol. The molecular formula is C19H37N5O. The Morgan fingerprint density at radius 1 is 1.04 bits per heavy atom. The van der Waals surface area contributed by atoms with Gasteiger partial charge in [-0.25, -0.2) is 0 Å². The molecule has 0 amide bonds. The summed E-state index contributed by atoms with van der Waals surface area (Å²) in [5.74, 6) is 0.987. The van der Waals surface area contributed by atoms with Crippen molar-refractivity contribution >= 4 is 5.96 Å². The van der Waals surface area contributed by atoms with Gasteiger partial charge in [-0.05, 0) is 58.4 Å². The molecule has 0 aromatic heterocycles. The highest BCUT2D eigenvalue weighted by Gasteiger charge is 2.31. The second-order valence-corrected chi connectivity index (χ2v) is 7.87. The van der Waals surface area contributed by atoms with Crippen LogP contribution in [0.1, 0.15) is 51.9 Å². The third-order valence-electron chi connectivity index (χ3n) is 5.74. The van der Waals surface area contributed by atoms with Crippen molar-refractivity contribution in [1.82, 2.24) is 20.4 Å². The number of likely N-dealkylation sites (tertiary alicyclic amines) is 2. The molecule has 0 aromatic rings. The van der Waals surface area contributed by atoms with Crippen LogP contribution in [0.25, 0.3) is 0 Å². The van der Waals surface area contributed by atoms with Crippen LogP contribution in [0.3, 0.4) is 0 Å². The van der Waals surface area contributed by atoms with Crippen molar-refractivity contribution in [1.29, 1.82) is 0 Å². The van der Waals surface area contributed by atoms with E-state index in [1.54, 1.807) is 0 Å². The van der Waals surface area contributed by atoms with Crippen LogP contribution in [0, 0.1) is 0 Å². The largest absolute Gasteiger partial charge is 0.393 e. The van der Waals surface area contributed by atoms with E-state index in [9.17, 15) is 5.11 Å². The normalized spacial score (nSPS) is 25.3. The van der Waals surface area contributed by atoms with Crippen LogP contribution in [0.5, 0.6) is 0 Å². The Hall–Kier alpha value is -0.850. The third-order valence-corrected chi connectivity index (χ3v) is 5.74. The molecule has 25 heavy (non-hydrogen) atoms. The minimum atomic E-state index is -0.0786. The molecule has 0 radical (unpaired) electrons. The van der Waals surface area contributed by atoms with Gasteiger partial charge < -0.3 is 25.5 Å². The van der Waals surface area contributed by atoms with Gasteiger partial charge in [0.2, 0.25) is 0 Å². The lowest BCUT2D eigenvalue weighted by Crippen LogP contribution is -2.49. The number of piperidine rings is 2. The van der Waals surface area contributed by atoms with Gasteiger partial charge in [-0.2, -0.15) is 0 Å². The van der Waals surface area contributed by atoms with Crippen molar-refractivity contribution in [3.05, 3.63) is 0 Å². The molecule has 1 saturated carbocycles. The Morgan fingerprint density at radius 3 is 2.40 bits per heavy atom. The third kappa shape index (κ3) is 6.42. The van der Waals surface area contributed by atoms with Gasteiger partial charge in [0.1, 0.15) is 0 Å². The van der Waals surface area contributed by atoms with Crippen molar-refractivity contribution in [2.24, 2.45) is 4.99 Å². The molecule has 0 atom stereocenters. The molecule has 3 rings (SSSR count). The number of aliphatic hydroxyl groups is 1. The van der Waals surface area contributed by atoms with Gasteiger partial charge in [0.05, 0.1) is 6.10 Å². The smallest absolute Gasteiger partial charge is 0.191 e. The molecule has 6 heteroatoms. The van der Waals surface area contributed by atoms with Crippen molar-refractivity contribution in [3.8, 4) is 0 Å². The van der Waals surface area contributed by atoms with Crippen LogP contribution in [0.2, 0.25) is 0 Å². The minimum absolute atomic E-state index is 0.0786. The molecule has 0 unspecified atom stereocenters. The van der Waals surface area contributed by atoms with Crippen LogP contribution in [-0.2, 0) is 0 Å². The van der Waals surface area contributed by atoms with Crippen LogP contribution >= 0.6 is 0 Å². The Balaban J connectivity index is 1.34. The maximum atomic E-state index is 9.57. The molecule has 144 valence electrons. The summed E-state index contributed by atoms with van der Waals surface area (Å²) in [6, 6.07) is 1.47. The number of nitrogens with one attached hydrogen (secondary N) is 2. The van der Waals surface area contributed by atoms with Gasteiger partial charge in [-0.15, -0.1) is 0 Å². The monoisotopic (exact) mass is 351 g/mol. The second-order valence-electron chi connectivity index (χ2n) is 7.87. The number of aliphatic imine (C=N–C) groups is 1. The summed E-state index contributed by atoms with van der Waals surface area (Å²) in [5, 5.41) is 16.6. The molecule has 0 aromatic carbocycles. The van der Waals surface area contributed by atoms with Gasteiger partial charge in [0, 0.05) is 51.4 Å². The molecule has 3 fully saturated rings. The highest BCUT2D eigenvalue weighted by molar-refractivity contribution is 5.80. The maximum Gasteiger partial charge on any atom is 0.191 e. The van der Waals surface area contributed by atoms with Gasteiger partial charge in [-0.1, -0.05) is 0 Å². The van der Waals surface area contributed by atoms with Crippen molar-refractivity contribution in [3.63, 3.8) is 0 Å². The van der Waals surface area contributed by atoms with Gasteiger partial charge in [0.25, 0.3) is 0 Å². The number of rotatable bonds is 7. The minimum Gasteiger partial charge on any atom is -0.393 e. The van der Waals surface area contributed by atoms with E-state index in [-0.39, 0.29) is 6.10 Å². The average Bonchev–Trinajstić information content (AvgIpc) is 3.46. The SMILES string of the molecule is CCNC(=NCCCN1CCC(O)CC1)NC1CCN(C2CC2)CC1. The maximum absolute atomic E-state index is 9.57. The lowest BCUT2D eigenvalue weighted by Gasteiger charge is -2.33. The van der Waals surface area contributed by atoms with E-state index in [0.717, 1.165) is 64.0 Å². The number of nitrogens with zero attached hydrogens (tertiary/aromatic N) is 3. The fourth-order valence-electron chi connectivity index (χ4n) is 3.99. The van der Waals surface area contributed by atoms with Gasteiger partial charge in [0.15, 0.2) is 5.96 Å². The predicted molar refractivity (Wildman–Crippen MR) is 103 cm³/mol. The number of hydrogen-bond donors (Lipinski definition) is 3. The zero-order valence-corrected chi connectivity index (χ0v) is 15.9. The Morgan fingerprint density at radius 2 is 1.76 bits per heavy atom. The van der Waals surface area contributed by atoms with Crippen molar-refractivity contribution in [2.45, 2.75) is 70.1 Å². The van der Waals surface area contributed by atoms with Crippen LogP contribution < -0.4 is 10.6 Å². The van der Waals surface area contributed by atoms with Gasteiger partial charge in [-0.3, -0.25) is 4.99 Å². The summed E-state index contributed by atoms with van der Waals surface area (Å²) in [6.45, 7) is 9.55. The highest BCUT2D eigenvalue weighted by atomic mass is 16.3. The first kappa shape index (κ1) is 18.9. The summed E-state index contributed by atoms with van der Waals surface area (Å²) in [6.07, 6.45) is 8.15. The predicted octanol–water partition coefficient (Wildman–Crippen LogP) is 1.02. The summed E-state index contributed by atoms with van der Waals surface area (Å²) in [7, 11) is 0. The quantitative estimate of drug-likeness (QED) is 0.363. The summed E-state index contributed by atoms with van der Waals surface area (Å²) in [5.41, 5.74) is 0.